The second-order valence-corrected chi connectivity index (χ2v) is 8.86. The van der Waals surface area contributed by atoms with Crippen molar-refractivity contribution >= 4 is 12.1 Å². The molecule has 2 aliphatic rings. The average Bonchev–Trinajstić information content (AvgIpc) is 2.98. The van der Waals surface area contributed by atoms with Gasteiger partial charge in [-0.2, -0.15) is 0 Å². The van der Waals surface area contributed by atoms with Crippen molar-refractivity contribution in [3.05, 3.63) is 35.9 Å². The van der Waals surface area contributed by atoms with E-state index in [2.05, 4.69) is 0 Å². The Balaban J connectivity index is 1.73. The Hall–Kier alpha value is -2.04. The zero-order valence-corrected chi connectivity index (χ0v) is 16.6. The van der Waals surface area contributed by atoms with Gasteiger partial charge in [0.2, 0.25) is 0 Å². The molecule has 1 aliphatic carbocycles. The highest BCUT2D eigenvalue weighted by molar-refractivity contribution is 5.84. The minimum atomic E-state index is -0.595. The molecule has 1 heterocycles. The highest BCUT2D eigenvalue weighted by atomic mass is 16.6. The molecule has 0 bridgehead atoms. The second-order valence-electron chi connectivity index (χ2n) is 8.86. The van der Waals surface area contributed by atoms with E-state index in [-0.39, 0.29) is 18.0 Å². The van der Waals surface area contributed by atoms with Crippen molar-refractivity contribution in [3.8, 4) is 0 Å². The SMILES string of the molecule is CC(C)(C)[C@H]1OC(=O)[C@H](CC2CCCCC2)N1C(=O)OCc1ccccc1. The highest BCUT2D eigenvalue weighted by Crippen LogP contribution is 2.37. The molecule has 1 aromatic carbocycles. The van der Waals surface area contributed by atoms with Crippen LogP contribution in [0.2, 0.25) is 0 Å². The average molecular weight is 373 g/mol. The van der Waals surface area contributed by atoms with Gasteiger partial charge in [-0.05, 0) is 17.9 Å². The molecular weight excluding hydrogens is 342 g/mol. The van der Waals surface area contributed by atoms with Crippen molar-refractivity contribution < 1.29 is 19.1 Å². The van der Waals surface area contributed by atoms with Crippen molar-refractivity contribution in [1.82, 2.24) is 4.90 Å². The fraction of sp³-hybridized carbons (Fsp3) is 0.636. The lowest BCUT2D eigenvalue weighted by atomic mass is 9.84. The Morgan fingerprint density at radius 3 is 2.44 bits per heavy atom. The van der Waals surface area contributed by atoms with Crippen molar-refractivity contribution in [2.24, 2.45) is 11.3 Å². The van der Waals surface area contributed by atoms with Crippen LogP contribution in [0.4, 0.5) is 4.79 Å². The van der Waals surface area contributed by atoms with E-state index in [0.29, 0.717) is 12.3 Å². The third-order valence-corrected chi connectivity index (χ3v) is 5.53. The molecule has 1 aromatic rings. The number of benzene rings is 1. The molecule has 1 saturated heterocycles. The Kier molecular flexibility index (Phi) is 6.08. The third-order valence-electron chi connectivity index (χ3n) is 5.53. The maximum absolute atomic E-state index is 12.9. The molecule has 0 unspecified atom stereocenters. The van der Waals surface area contributed by atoms with E-state index >= 15 is 0 Å². The van der Waals surface area contributed by atoms with Crippen molar-refractivity contribution in [1.29, 1.82) is 0 Å². The molecule has 0 radical (unpaired) electrons. The first-order chi connectivity index (χ1) is 12.9. The summed E-state index contributed by atoms with van der Waals surface area (Å²) >= 11 is 0. The Morgan fingerprint density at radius 1 is 1.15 bits per heavy atom. The van der Waals surface area contributed by atoms with Gasteiger partial charge >= 0.3 is 12.1 Å². The zero-order chi connectivity index (χ0) is 19.4. The van der Waals surface area contributed by atoms with Crippen LogP contribution in [0.15, 0.2) is 30.3 Å². The molecule has 1 saturated carbocycles. The first kappa shape index (κ1) is 19.7. The van der Waals surface area contributed by atoms with Crippen LogP contribution in [0, 0.1) is 11.3 Å². The number of nitrogens with zero attached hydrogens (tertiary/aromatic N) is 1. The number of hydrogen-bond donors (Lipinski definition) is 0. The molecule has 5 heteroatoms. The third kappa shape index (κ3) is 4.82. The summed E-state index contributed by atoms with van der Waals surface area (Å²) in [6.45, 7) is 6.12. The summed E-state index contributed by atoms with van der Waals surface area (Å²) in [7, 11) is 0. The van der Waals surface area contributed by atoms with Crippen molar-refractivity contribution in [2.45, 2.75) is 78.2 Å². The number of amides is 1. The summed E-state index contributed by atoms with van der Waals surface area (Å²) in [5.41, 5.74) is 0.552. The molecule has 1 aliphatic heterocycles. The molecule has 27 heavy (non-hydrogen) atoms. The van der Waals surface area contributed by atoms with Crippen LogP contribution in [-0.2, 0) is 20.9 Å². The minimum absolute atomic E-state index is 0.192. The van der Waals surface area contributed by atoms with Crippen LogP contribution in [0.3, 0.4) is 0 Å². The summed E-state index contributed by atoms with van der Waals surface area (Å²) in [5, 5.41) is 0. The number of cyclic esters (lactones) is 1. The molecule has 2 atom stereocenters. The predicted octanol–water partition coefficient (Wildman–Crippen LogP) is 4.89. The van der Waals surface area contributed by atoms with Crippen LogP contribution in [0.1, 0.15) is 64.9 Å². The van der Waals surface area contributed by atoms with Gasteiger partial charge in [0.15, 0.2) is 6.23 Å². The number of hydrogen-bond acceptors (Lipinski definition) is 4. The van der Waals surface area contributed by atoms with E-state index in [4.69, 9.17) is 9.47 Å². The molecule has 0 N–H and O–H groups in total. The quantitative estimate of drug-likeness (QED) is 0.705. The molecule has 0 aromatic heterocycles. The van der Waals surface area contributed by atoms with Gasteiger partial charge in [0.05, 0.1) is 0 Å². The van der Waals surface area contributed by atoms with Crippen LogP contribution >= 0.6 is 0 Å². The van der Waals surface area contributed by atoms with Crippen LogP contribution in [0.5, 0.6) is 0 Å². The molecule has 148 valence electrons. The monoisotopic (exact) mass is 373 g/mol. The van der Waals surface area contributed by atoms with E-state index in [9.17, 15) is 9.59 Å². The van der Waals surface area contributed by atoms with Crippen molar-refractivity contribution in [2.75, 3.05) is 0 Å². The molecule has 5 nitrogen and oxygen atoms in total. The molecule has 3 rings (SSSR count). The number of carbonyl (C=O) groups is 2. The van der Waals surface area contributed by atoms with E-state index in [1.807, 2.05) is 51.1 Å². The fourth-order valence-electron chi connectivity index (χ4n) is 4.08. The van der Waals surface area contributed by atoms with Gasteiger partial charge in [-0.1, -0.05) is 83.2 Å². The largest absolute Gasteiger partial charge is 0.444 e. The zero-order valence-electron chi connectivity index (χ0n) is 16.6. The van der Waals surface area contributed by atoms with Gasteiger partial charge in [-0.3, -0.25) is 4.90 Å². The lowest BCUT2D eigenvalue weighted by molar-refractivity contribution is -0.147. The summed E-state index contributed by atoms with van der Waals surface area (Å²) in [5.74, 6) is 0.177. The Morgan fingerprint density at radius 2 is 1.81 bits per heavy atom. The second kappa shape index (κ2) is 8.32. The lowest BCUT2D eigenvalue weighted by Crippen LogP contribution is -2.48. The van der Waals surface area contributed by atoms with E-state index in [0.717, 1.165) is 18.4 Å². The topological polar surface area (TPSA) is 55.8 Å². The summed E-state index contributed by atoms with van der Waals surface area (Å²) in [6.07, 6.45) is 5.52. The number of rotatable bonds is 4. The van der Waals surface area contributed by atoms with Crippen molar-refractivity contribution in [3.63, 3.8) is 0 Å². The summed E-state index contributed by atoms with van der Waals surface area (Å²) < 4.78 is 11.2. The Labute approximate surface area is 162 Å². The maximum atomic E-state index is 12.9. The van der Waals surface area contributed by atoms with Crippen LogP contribution < -0.4 is 0 Å². The van der Waals surface area contributed by atoms with E-state index in [1.165, 1.54) is 19.3 Å². The molecule has 0 spiro atoms. The van der Waals surface area contributed by atoms with Gasteiger partial charge < -0.3 is 9.47 Å². The standard InChI is InChI=1S/C22H31NO4/c1-22(2,3)20-23(21(25)26-15-17-12-8-5-9-13-17)18(19(24)27-20)14-16-10-6-4-7-11-16/h5,8-9,12-13,16,18,20H,4,6-7,10-11,14-15H2,1-3H3/t18-,20+/m0/s1. The number of ether oxygens (including phenoxy) is 2. The van der Waals surface area contributed by atoms with Gasteiger partial charge in [-0.15, -0.1) is 0 Å². The highest BCUT2D eigenvalue weighted by Gasteiger charge is 2.51. The first-order valence-corrected chi connectivity index (χ1v) is 10.1. The normalized spacial score (nSPS) is 24.0. The number of esters is 1. The van der Waals surface area contributed by atoms with Gasteiger partial charge in [0.25, 0.3) is 0 Å². The summed E-state index contributed by atoms with van der Waals surface area (Å²) in [4.78, 5) is 27.1. The summed E-state index contributed by atoms with van der Waals surface area (Å²) in [6, 6.07) is 9.04. The minimum Gasteiger partial charge on any atom is -0.444 e. The number of carbonyl (C=O) groups excluding carboxylic acids is 2. The van der Waals surface area contributed by atoms with E-state index < -0.39 is 18.4 Å². The van der Waals surface area contributed by atoms with Gasteiger partial charge in [0, 0.05) is 5.41 Å². The van der Waals surface area contributed by atoms with E-state index in [1.54, 1.807) is 4.90 Å². The Bertz CT molecular complexity index is 646. The fourth-order valence-corrected chi connectivity index (χ4v) is 4.08. The van der Waals surface area contributed by atoms with Gasteiger partial charge in [-0.25, -0.2) is 9.59 Å². The smallest absolute Gasteiger partial charge is 0.413 e. The predicted molar refractivity (Wildman–Crippen MR) is 103 cm³/mol. The van der Waals surface area contributed by atoms with Crippen LogP contribution in [-0.4, -0.2) is 29.2 Å². The molecular formula is C22H31NO4. The van der Waals surface area contributed by atoms with Crippen LogP contribution in [0.25, 0.3) is 0 Å². The molecule has 2 fully saturated rings. The first-order valence-electron chi connectivity index (χ1n) is 10.1. The van der Waals surface area contributed by atoms with Gasteiger partial charge in [0.1, 0.15) is 12.6 Å². The maximum Gasteiger partial charge on any atom is 0.413 e. The molecule has 1 amide bonds. The lowest BCUT2D eigenvalue weighted by Gasteiger charge is -2.34.